The first-order chi connectivity index (χ1) is 14.8. The third-order valence-electron chi connectivity index (χ3n) is 4.42. The summed E-state index contributed by atoms with van der Waals surface area (Å²) in [6.45, 7) is -1.52. The number of nitrogens with one attached hydrogen (secondary N) is 1. The van der Waals surface area contributed by atoms with Gasteiger partial charge in [-0.1, -0.05) is 18.2 Å². The van der Waals surface area contributed by atoms with Gasteiger partial charge in [0.05, 0.1) is 25.1 Å². The molecule has 2 aromatic heterocycles. The second-order valence-electron chi connectivity index (χ2n) is 6.52. The van der Waals surface area contributed by atoms with Gasteiger partial charge in [0.25, 0.3) is 11.8 Å². The lowest BCUT2D eigenvalue weighted by molar-refractivity contribution is -0.163. The van der Waals surface area contributed by atoms with Crippen molar-refractivity contribution in [2.45, 2.75) is 12.3 Å². The number of anilines is 1. The van der Waals surface area contributed by atoms with E-state index in [-0.39, 0.29) is 11.6 Å². The lowest BCUT2D eigenvalue weighted by atomic mass is 10.1. The average Bonchev–Trinajstić information content (AvgIpc) is 3.35. The monoisotopic (exact) mass is 435 g/mol. The first-order valence-corrected chi connectivity index (χ1v) is 8.91. The molecule has 3 aromatic rings. The fourth-order valence-corrected chi connectivity index (χ4v) is 3.14. The Labute approximate surface area is 172 Å². The van der Waals surface area contributed by atoms with Crippen LogP contribution in [0.5, 0.6) is 5.88 Å². The van der Waals surface area contributed by atoms with Crippen molar-refractivity contribution in [3.8, 4) is 17.2 Å². The SMILES string of the molecule is COc1cc(-c2c(N3C=C(OCC(F)(F)F)C=NC3C(N)=O)[nH]c3ccccc23)on1. The normalized spacial score (nSPS) is 16.5. The van der Waals surface area contributed by atoms with Crippen LogP contribution in [-0.4, -0.2) is 48.3 Å². The van der Waals surface area contributed by atoms with Crippen LogP contribution in [0.15, 0.2) is 51.8 Å². The molecule has 4 rings (SSSR count). The number of halogens is 3. The Morgan fingerprint density at radius 3 is 2.81 bits per heavy atom. The quantitative estimate of drug-likeness (QED) is 0.615. The summed E-state index contributed by atoms with van der Waals surface area (Å²) in [5.74, 6) is -0.196. The van der Waals surface area contributed by atoms with Gasteiger partial charge >= 0.3 is 6.18 Å². The summed E-state index contributed by atoms with van der Waals surface area (Å²) < 4.78 is 53.0. The minimum Gasteiger partial charge on any atom is -0.481 e. The molecule has 162 valence electrons. The summed E-state index contributed by atoms with van der Waals surface area (Å²) >= 11 is 0. The number of aliphatic imine (C=N–C) groups is 1. The molecule has 0 aliphatic carbocycles. The van der Waals surface area contributed by atoms with E-state index in [1.54, 1.807) is 24.3 Å². The van der Waals surface area contributed by atoms with E-state index in [2.05, 4.69) is 15.1 Å². The highest BCUT2D eigenvalue weighted by Gasteiger charge is 2.33. The highest BCUT2D eigenvalue weighted by atomic mass is 19.4. The fraction of sp³-hybridized carbons (Fsp3) is 0.211. The number of carbonyl (C=O) groups excluding carboxylic acids is 1. The van der Waals surface area contributed by atoms with Crippen molar-refractivity contribution < 1.29 is 32.0 Å². The molecule has 0 radical (unpaired) electrons. The molecular weight excluding hydrogens is 419 g/mol. The number of hydrogen-bond donors (Lipinski definition) is 2. The van der Waals surface area contributed by atoms with Crippen LogP contribution in [0.3, 0.4) is 0 Å². The number of ether oxygens (including phenoxy) is 2. The number of amides is 1. The zero-order chi connectivity index (χ0) is 22.2. The number of nitrogens with zero attached hydrogens (tertiary/aromatic N) is 3. The Bertz CT molecular complexity index is 1180. The van der Waals surface area contributed by atoms with E-state index in [1.807, 2.05) is 0 Å². The Balaban J connectivity index is 1.84. The van der Waals surface area contributed by atoms with Crippen molar-refractivity contribution in [2.24, 2.45) is 10.7 Å². The highest BCUT2D eigenvalue weighted by molar-refractivity contribution is 6.03. The molecular formula is C19H16F3N5O4. The number of carbonyl (C=O) groups is 1. The number of nitrogens with two attached hydrogens (primary N) is 1. The standard InChI is InChI=1S/C19H16F3N5O4/c1-29-14-6-13(31-26-14)15-11-4-2-3-5-12(11)25-17(15)27-8-10(30-9-19(20,21)22)7-24-18(27)16(23)28/h2-8,18,25H,9H2,1H3,(H2,23,28). The van der Waals surface area contributed by atoms with Crippen molar-refractivity contribution in [2.75, 3.05) is 18.6 Å². The van der Waals surface area contributed by atoms with Gasteiger partial charge in [0, 0.05) is 17.0 Å². The maximum absolute atomic E-state index is 12.6. The number of para-hydroxylation sites is 1. The molecule has 1 aliphatic rings. The maximum Gasteiger partial charge on any atom is 0.422 e. The number of fused-ring (bicyclic) bond motifs is 1. The van der Waals surface area contributed by atoms with Crippen LogP contribution < -0.4 is 15.4 Å². The zero-order valence-electron chi connectivity index (χ0n) is 16.0. The van der Waals surface area contributed by atoms with Crippen molar-refractivity contribution in [1.82, 2.24) is 10.1 Å². The second-order valence-corrected chi connectivity index (χ2v) is 6.52. The smallest absolute Gasteiger partial charge is 0.422 e. The van der Waals surface area contributed by atoms with Crippen LogP contribution in [0.4, 0.5) is 19.0 Å². The summed E-state index contributed by atoms with van der Waals surface area (Å²) in [6.07, 6.45) is -3.52. The van der Waals surface area contributed by atoms with Crippen molar-refractivity contribution >= 4 is 28.8 Å². The number of hydrogen-bond acceptors (Lipinski definition) is 7. The topological polar surface area (TPSA) is 119 Å². The lowest BCUT2D eigenvalue weighted by Crippen LogP contribution is -2.43. The number of aromatic amines is 1. The van der Waals surface area contributed by atoms with E-state index < -0.39 is 24.9 Å². The minimum atomic E-state index is -4.54. The Kier molecular flexibility index (Phi) is 5.05. The second kappa shape index (κ2) is 7.70. The first-order valence-electron chi connectivity index (χ1n) is 8.91. The molecule has 0 spiro atoms. The molecule has 0 bridgehead atoms. The van der Waals surface area contributed by atoms with E-state index in [4.69, 9.17) is 19.7 Å². The van der Waals surface area contributed by atoms with Gasteiger partial charge in [-0.3, -0.25) is 14.7 Å². The zero-order valence-corrected chi connectivity index (χ0v) is 16.0. The number of benzene rings is 1. The molecule has 1 aliphatic heterocycles. The molecule has 3 N–H and O–H groups in total. The predicted octanol–water partition coefficient (Wildman–Crippen LogP) is 2.95. The van der Waals surface area contributed by atoms with Gasteiger partial charge in [0.15, 0.2) is 18.1 Å². The van der Waals surface area contributed by atoms with Gasteiger partial charge in [-0.2, -0.15) is 13.2 Å². The summed E-state index contributed by atoms with van der Waals surface area (Å²) in [7, 11) is 1.42. The van der Waals surface area contributed by atoms with Gasteiger partial charge in [0.1, 0.15) is 5.82 Å². The van der Waals surface area contributed by atoms with Gasteiger partial charge in [-0.25, -0.2) is 0 Å². The number of alkyl halides is 3. The molecule has 3 heterocycles. The summed E-state index contributed by atoms with van der Waals surface area (Å²) in [6, 6.07) is 8.71. The molecule has 0 saturated heterocycles. The van der Waals surface area contributed by atoms with Gasteiger partial charge < -0.3 is 24.7 Å². The van der Waals surface area contributed by atoms with Crippen LogP contribution in [0, 0.1) is 0 Å². The maximum atomic E-state index is 12.6. The fourth-order valence-electron chi connectivity index (χ4n) is 3.14. The minimum absolute atomic E-state index is 0.199. The van der Waals surface area contributed by atoms with Crippen molar-refractivity contribution in [3.63, 3.8) is 0 Å². The third-order valence-corrected chi connectivity index (χ3v) is 4.42. The van der Waals surface area contributed by atoms with Crippen LogP contribution in [0.25, 0.3) is 22.2 Å². The molecule has 31 heavy (non-hydrogen) atoms. The van der Waals surface area contributed by atoms with Crippen molar-refractivity contribution in [1.29, 1.82) is 0 Å². The predicted molar refractivity (Wildman–Crippen MR) is 104 cm³/mol. The molecule has 1 atom stereocenters. The van der Waals surface area contributed by atoms with E-state index in [0.29, 0.717) is 28.0 Å². The number of allylic oxidation sites excluding steroid dienone is 1. The highest BCUT2D eigenvalue weighted by Crippen LogP contribution is 2.40. The van der Waals surface area contributed by atoms with Crippen molar-refractivity contribution in [3.05, 3.63) is 42.3 Å². The molecule has 1 unspecified atom stereocenters. The molecule has 0 saturated carbocycles. The number of methoxy groups -OCH3 is 1. The molecule has 1 amide bonds. The Morgan fingerprint density at radius 2 is 2.13 bits per heavy atom. The third kappa shape index (κ3) is 4.04. The van der Waals surface area contributed by atoms with Gasteiger partial charge in [-0.15, -0.1) is 0 Å². The molecule has 0 fully saturated rings. The van der Waals surface area contributed by atoms with Gasteiger partial charge in [-0.05, 0) is 11.2 Å². The number of primary amides is 1. The molecule has 9 nitrogen and oxygen atoms in total. The van der Waals surface area contributed by atoms with E-state index in [9.17, 15) is 18.0 Å². The molecule has 12 heteroatoms. The Morgan fingerprint density at radius 1 is 1.35 bits per heavy atom. The average molecular weight is 435 g/mol. The summed E-state index contributed by atoms with van der Waals surface area (Å²) in [4.78, 5) is 20.4. The number of aromatic nitrogens is 2. The number of rotatable bonds is 6. The molecule has 1 aromatic carbocycles. The van der Waals surface area contributed by atoms with Crippen LogP contribution in [0.2, 0.25) is 0 Å². The summed E-state index contributed by atoms with van der Waals surface area (Å²) in [5, 5.41) is 4.50. The van der Waals surface area contributed by atoms with Crippen LogP contribution in [-0.2, 0) is 9.53 Å². The summed E-state index contributed by atoms with van der Waals surface area (Å²) in [5.41, 5.74) is 6.64. The Hall–Kier alpha value is -3.96. The first kappa shape index (κ1) is 20.3. The van der Waals surface area contributed by atoms with E-state index >= 15 is 0 Å². The van der Waals surface area contributed by atoms with E-state index in [0.717, 1.165) is 6.21 Å². The van der Waals surface area contributed by atoms with Gasteiger partial charge in [0.2, 0.25) is 6.17 Å². The van der Waals surface area contributed by atoms with E-state index in [1.165, 1.54) is 24.3 Å². The van der Waals surface area contributed by atoms with Crippen LogP contribution >= 0.6 is 0 Å². The largest absolute Gasteiger partial charge is 0.481 e. The van der Waals surface area contributed by atoms with Crippen LogP contribution in [0.1, 0.15) is 0 Å². The number of H-pyrrole nitrogens is 1. The lowest BCUT2D eigenvalue weighted by Gasteiger charge is -2.28.